The molecule has 0 bridgehead atoms. The van der Waals surface area contributed by atoms with Gasteiger partial charge in [-0.2, -0.15) is 0 Å². The Bertz CT molecular complexity index is 658. The van der Waals surface area contributed by atoms with Crippen LogP contribution >= 0.6 is 0 Å². The fourth-order valence-electron chi connectivity index (χ4n) is 7.02. The molecule has 5 heteroatoms. The summed E-state index contributed by atoms with van der Waals surface area (Å²) in [4.78, 5) is 26.3. The van der Waals surface area contributed by atoms with E-state index in [4.69, 9.17) is 11.5 Å². The predicted molar refractivity (Wildman–Crippen MR) is 98.9 cm³/mol. The maximum Gasteiger partial charge on any atom is 0.142 e. The second kappa shape index (κ2) is 6.25. The summed E-state index contributed by atoms with van der Waals surface area (Å²) in [6.45, 7) is 3.90. The lowest BCUT2D eigenvalue weighted by atomic mass is 9.47. The van der Waals surface area contributed by atoms with E-state index >= 15 is 0 Å². The molecule has 4 rings (SSSR count). The van der Waals surface area contributed by atoms with Gasteiger partial charge in [0.15, 0.2) is 0 Å². The molecule has 144 valence electrons. The number of fused-ring (bicyclic) bond motifs is 5. The predicted octanol–water partition coefficient (Wildman–Crippen LogP) is 1.43. The van der Waals surface area contributed by atoms with E-state index < -0.39 is 5.92 Å². The first kappa shape index (κ1) is 18.3. The van der Waals surface area contributed by atoms with E-state index in [2.05, 4.69) is 13.0 Å². The van der Waals surface area contributed by atoms with Crippen molar-refractivity contribution in [1.82, 2.24) is 0 Å². The second-order valence-electron chi connectivity index (χ2n) is 9.51. The zero-order valence-corrected chi connectivity index (χ0v) is 15.9. The van der Waals surface area contributed by atoms with Gasteiger partial charge in [0.2, 0.25) is 0 Å². The smallest absolute Gasteiger partial charge is 0.142 e. The maximum absolute atomic E-state index is 13.6. The van der Waals surface area contributed by atoms with Gasteiger partial charge < -0.3 is 16.6 Å². The first-order chi connectivity index (χ1) is 12.3. The van der Waals surface area contributed by atoms with Crippen LogP contribution in [0.3, 0.4) is 0 Å². The summed E-state index contributed by atoms with van der Waals surface area (Å²) in [6, 6.07) is -0.0876. The third-order valence-corrected chi connectivity index (χ3v) is 8.17. The van der Waals surface area contributed by atoms with Crippen molar-refractivity contribution in [1.29, 1.82) is 0 Å². The van der Waals surface area contributed by atoms with Crippen molar-refractivity contribution in [2.24, 2.45) is 52.4 Å². The highest BCUT2D eigenvalue weighted by Crippen LogP contribution is 2.61. The molecule has 4 aliphatic carbocycles. The van der Waals surface area contributed by atoms with Gasteiger partial charge in [-0.05, 0) is 55.8 Å². The van der Waals surface area contributed by atoms with Crippen LogP contribution in [-0.4, -0.2) is 35.4 Å². The van der Waals surface area contributed by atoms with E-state index in [9.17, 15) is 14.7 Å². The van der Waals surface area contributed by atoms with Crippen molar-refractivity contribution in [3.05, 3.63) is 11.6 Å². The Hall–Kier alpha value is -1.04. The molecule has 0 amide bonds. The van der Waals surface area contributed by atoms with Crippen LogP contribution in [0.4, 0.5) is 0 Å². The molecule has 0 unspecified atom stereocenters. The van der Waals surface area contributed by atoms with Gasteiger partial charge in [-0.3, -0.25) is 9.59 Å². The van der Waals surface area contributed by atoms with Gasteiger partial charge in [0.05, 0.1) is 6.61 Å². The van der Waals surface area contributed by atoms with Crippen LogP contribution < -0.4 is 11.5 Å². The fourth-order valence-corrected chi connectivity index (χ4v) is 7.02. The molecule has 0 aromatic rings. The van der Waals surface area contributed by atoms with Crippen LogP contribution in [0.2, 0.25) is 0 Å². The van der Waals surface area contributed by atoms with Crippen molar-refractivity contribution in [2.75, 3.05) is 6.61 Å². The molecule has 0 heterocycles. The molecule has 5 N–H and O–H groups in total. The van der Waals surface area contributed by atoms with Gasteiger partial charge in [-0.15, -0.1) is 0 Å². The Morgan fingerprint density at radius 2 is 2.04 bits per heavy atom. The Morgan fingerprint density at radius 1 is 1.31 bits per heavy atom. The van der Waals surface area contributed by atoms with Gasteiger partial charge in [0.25, 0.3) is 0 Å². The van der Waals surface area contributed by atoms with E-state index in [0.29, 0.717) is 6.42 Å². The number of allylic oxidation sites excluding steroid dienone is 1. The minimum absolute atomic E-state index is 0.0898. The average Bonchev–Trinajstić information content (AvgIpc) is 2.92. The molecular weight excluding hydrogens is 328 g/mol. The largest absolute Gasteiger partial charge is 0.396 e. The quantitative estimate of drug-likeness (QED) is 0.646. The Balaban J connectivity index is 1.77. The number of hydrogen-bond donors (Lipinski definition) is 3. The standard InChI is InChI=1S/C21H32N2O3/c1-10(22)17-16(25)8-14-13-4-3-11-7-12(23)5-6-21(11,2)19(13)20(26)15(9-24)18(14)17/h3,10,12-15,17-19,24H,4-9,22-23H2,1-2H3/t10-,12-,13-,14+,15-,17-,18-,19+,21-/m0/s1. The lowest BCUT2D eigenvalue weighted by Crippen LogP contribution is -2.57. The van der Waals surface area contributed by atoms with Crippen LogP contribution in [0.25, 0.3) is 0 Å². The molecule has 0 radical (unpaired) electrons. The fraction of sp³-hybridized carbons (Fsp3) is 0.810. The molecule has 0 aromatic heterocycles. The molecule has 0 spiro atoms. The van der Waals surface area contributed by atoms with E-state index in [1.165, 1.54) is 5.57 Å². The van der Waals surface area contributed by atoms with E-state index in [-0.39, 0.29) is 65.3 Å². The van der Waals surface area contributed by atoms with E-state index in [0.717, 1.165) is 25.7 Å². The highest BCUT2D eigenvalue weighted by molar-refractivity contribution is 5.91. The topological polar surface area (TPSA) is 106 Å². The normalized spacial score (nSPS) is 49.1. The van der Waals surface area contributed by atoms with Gasteiger partial charge >= 0.3 is 0 Å². The number of aliphatic hydroxyl groups excluding tert-OH is 1. The Labute approximate surface area is 155 Å². The number of ketones is 2. The molecule has 0 saturated heterocycles. The minimum atomic E-state index is -0.449. The minimum Gasteiger partial charge on any atom is -0.396 e. The first-order valence-corrected chi connectivity index (χ1v) is 10.2. The Kier molecular flexibility index (Phi) is 4.41. The van der Waals surface area contributed by atoms with Crippen molar-refractivity contribution in [3.63, 3.8) is 0 Å². The van der Waals surface area contributed by atoms with Crippen molar-refractivity contribution < 1.29 is 14.7 Å². The van der Waals surface area contributed by atoms with Crippen LogP contribution in [0.15, 0.2) is 11.6 Å². The zero-order chi connectivity index (χ0) is 18.8. The summed E-state index contributed by atoms with van der Waals surface area (Å²) in [7, 11) is 0. The number of Topliss-reactive ketones (excluding diaryl/α,β-unsaturated/α-hetero) is 2. The highest BCUT2D eigenvalue weighted by Gasteiger charge is 2.62. The molecule has 0 aliphatic heterocycles. The van der Waals surface area contributed by atoms with Crippen LogP contribution in [-0.2, 0) is 9.59 Å². The summed E-state index contributed by atoms with van der Waals surface area (Å²) >= 11 is 0. The lowest BCUT2D eigenvalue weighted by molar-refractivity contribution is -0.148. The number of rotatable bonds is 2. The zero-order valence-electron chi connectivity index (χ0n) is 15.9. The third kappa shape index (κ3) is 2.40. The molecule has 9 atom stereocenters. The second-order valence-corrected chi connectivity index (χ2v) is 9.51. The summed E-state index contributed by atoms with van der Waals surface area (Å²) in [5, 5.41) is 10.1. The van der Waals surface area contributed by atoms with Crippen molar-refractivity contribution in [2.45, 2.75) is 58.0 Å². The van der Waals surface area contributed by atoms with Gasteiger partial charge in [-0.1, -0.05) is 18.6 Å². The number of carbonyl (C=O) groups excluding carboxylic acids is 2. The SMILES string of the molecule is C[C@H](N)[C@H]1C(=O)C[C@@H]2[C@@H]3CC=C4C[C@@H](N)CC[C@]4(C)[C@H]3C(=O)[C@@H](CO)[C@H]21. The molecule has 3 fully saturated rings. The molecule has 0 aromatic carbocycles. The number of carbonyl (C=O) groups is 2. The summed E-state index contributed by atoms with van der Waals surface area (Å²) in [5.41, 5.74) is 13.5. The lowest BCUT2D eigenvalue weighted by Gasteiger charge is -2.56. The monoisotopic (exact) mass is 360 g/mol. The van der Waals surface area contributed by atoms with Crippen molar-refractivity contribution in [3.8, 4) is 0 Å². The van der Waals surface area contributed by atoms with Gasteiger partial charge in [0, 0.05) is 36.3 Å². The number of aliphatic hydroxyl groups is 1. The molecule has 4 aliphatic rings. The first-order valence-electron chi connectivity index (χ1n) is 10.2. The molecule has 5 nitrogen and oxygen atoms in total. The summed E-state index contributed by atoms with van der Waals surface area (Å²) in [5.74, 6) is -0.195. The summed E-state index contributed by atoms with van der Waals surface area (Å²) in [6.07, 6.45) is 6.41. The molecule has 3 saturated carbocycles. The third-order valence-electron chi connectivity index (χ3n) is 8.17. The van der Waals surface area contributed by atoms with E-state index in [1.807, 2.05) is 6.92 Å². The average molecular weight is 360 g/mol. The van der Waals surface area contributed by atoms with Gasteiger partial charge in [0.1, 0.15) is 11.6 Å². The molecular formula is C21H32N2O3. The molecule has 26 heavy (non-hydrogen) atoms. The maximum atomic E-state index is 13.6. The summed E-state index contributed by atoms with van der Waals surface area (Å²) < 4.78 is 0. The Morgan fingerprint density at radius 3 is 2.69 bits per heavy atom. The van der Waals surface area contributed by atoms with Crippen LogP contribution in [0.5, 0.6) is 0 Å². The number of hydrogen-bond acceptors (Lipinski definition) is 5. The van der Waals surface area contributed by atoms with Crippen molar-refractivity contribution >= 4 is 11.6 Å². The van der Waals surface area contributed by atoms with Gasteiger partial charge in [-0.25, -0.2) is 0 Å². The van der Waals surface area contributed by atoms with E-state index in [1.54, 1.807) is 0 Å². The number of nitrogens with two attached hydrogens (primary N) is 2. The van der Waals surface area contributed by atoms with Crippen LogP contribution in [0, 0.1) is 40.9 Å². The van der Waals surface area contributed by atoms with Crippen LogP contribution in [0.1, 0.15) is 46.0 Å². The highest BCUT2D eigenvalue weighted by atomic mass is 16.3.